The lowest BCUT2D eigenvalue weighted by molar-refractivity contribution is -0.127. The van der Waals surface area contributed by atoms with E-state index in [0.29, 0.717) is 30.3 Å². The summed E-state index contributed by atoms with van der Waals surface area (Å²) >= 11 is 0. The summed E-state index contributed by atoms with van der Waals surface area (Å²) in [5, 5.41) is 3.21. The molecular formula is C14H28N2O. The number of amides is 1. The van der Waals surface area contributed by atoms with Gasteiger partial charge in [0.2, 0.25) is 5.91 Å². The zero-order valence-corrected chi connectivity index (χ0v) is 11.7. The highest BCUT2D eigenvalue weighted by molar-refractivity contribution is 5.79. The molecule has 0 saturated heterocycles. The van der Waals surface area contributed by atoms with E-state index in [1.807, 2.05) is 0 Å². The van der Waals surface area contributed by atoms with Crippen molar-refractivity contribution in [1.29, 1.82) is 0 Å². The van der Waals surface area contributed by atoms with Crippen LogP contribution in [0.2, 0.25) is 0 Å². The van der Waals surface area contributed by atoms with Crippen molar-refractivity contribution in [3.05, 3.63) is 0 Å². The van der Waals surface area contributed by atoms with Crippen molar-refractivity contribution < 1.29 is 4.79 Å². The molecule has 17 heavy (non-hydrogen) atoms. The van der Waals surface area contributed by atoms with Crippen LogP contribution in [-0.2, 0) is 4.79 Å². The smallest absolute Gasteiger partial charge is 0.224 e. The van der Waals surface area contributed by atoms with Crippen LogP contribution in [0.4, 0.5) is 0 Å². The molecule has 1 saturated carbocycles. The molecule has 0 aromatic heterocycles. The summed E-state index contributed by atoms with van der Waals surface area (Å²) in [4.78, 5) is 12.1. The maximum Gasteiger partial charge on any atom is 0.224 e. The van der Waals surface area contributed by atoms with Crippen LogP contribution in [0, 0.1) is 23.7 Å². The van der Waals surface area contributed by atoms with Gasteiger partial charge >= 0.3 is 0 Å². The van der Waals surface area contributed by atoms with Gasteiger partial charge in [0, 0.05) is 12.6 Å². The van der Waals surface area contributed by atoms with Gasteiger partial charge in [-0.2, -0.15) is 0 Å². The SMILES string of the molecule is CC(C)C(CN)C(=O)NC1CCCC(C)C1C. The number of rotatable bonds is 4. The summed E-state index contributed by atoms with van der Waals surface area (Å²) in [7, 11) is 0. The lowest BCUT2D eigenvalue weighted by Crippen LogP contribution is -2.48. The van der Waals surface area contributed by atoms with Crippen molar-refractivity contribution in [3.63, 3.8) is 0 Å². The van der Waals surface area contributed by atoms with Gasteiger partial charge in [0.25, 0.3) is 0 Å². The zero-order valence-electron chi connectivity index (χ0n) is 11.7. The van der Waals surface area contributed by atoms with Crippen LogP contribution in [0.15, 0.2) is 0 Å². The summed E-state index contributed by atoms with van der Waals surface area (Å²) in [6.45, 7) is 9.10. The van der Waals surface area contributed by atoms with E-state index in [1.165, 1.54) is 12.8 Å². The lowest BCUT2D eigenvalue weighted by atomic mass is 9.77. The molecular weight excluding hydrogens is 212 g/mol. The third kappa shape index (κ3) is 3.70. The average Bonchev–Trinajstić information content (AvgIpc) is 2.25. The molecule has 3 nitrogen and oxygen atoms in total. The number of hydrogen-bond donors (Lipinski definition) is 2. The van der Waals surface area contributed by atoms with Crippen molar-refractivity contribution in [3.8, 4) is 0 Å². The Balaban J connectivity index is 2.55. The zero-order chi connectivity index (χ0) is 13.0. The van der Waals surface area contributed by atoms with Crippen molar-refractivity contribution in [1.82, 2.24) is 5.32 Å². The maximum absolute atomic E-state index is 12.1. The Hall–Kier alpha value is -0.570. The van der Waals surface area contributed by atoms with Gasteiger partial charge in [-0.1, -0.05) is 40.5 Å². The molecule has 1 fully saturated rings. The van der Waals surface area contributed by atoms with Crippen molar-refractivity contribution in [2.24, 2.45) is 29.4 Å². The molecule has 100 valence electrons. The lowest BCUT2D eigenvalue weighted by Gasteiger charge is -2.35. The Morgan fingerprint density at radius 1 is 1.35 bits per heavy atom. The Morgan fingerprint density at radius 2 is 2.00 bits per heavy atom. The van der Waals surface area contributed by atoms with Crippen LogP contribution in [0.5, 0.6) is 0 Å². The van der Waals surface area contributed by atoms with Crippen LogP contribution < -0.4 is 11.1 Å². The van der Waals surface area contributed by atoms with E-state index in [0.717, 1.165) is 6.42 Å². The number of nitrogens with two attached hydrogens (primary N) is 1. The molecule has 1 amide bonds. The van der Waals surface area contributed by atoms with E-state index in [-0.39, 0.29) is 11.8 Å². The first-order valence-electron chi connectivity index (χ1n) is 6.97. The summed E-state index contributed by atoms with van der Waals surface area (Å²) in [6.07, 6.45) is 3.64. The Labute approximate surface area is 106 Å². The highest BCUT2D eigenvalue weighted by Crippen LogP contribution is 2.29. The number of nitrogens with one attached hydrogen (secondary N) is 1. The van der Waals surface area contributed by atoms with E-state index in [9.17, 15) is 4.79 Å². The Kier molecular flexibility index (Phi) is 5.44. The Morgan fingerprint density at radius 3 is 2.53 bits per heavy atom. The van der Waals surface area contributed by atoms with Crippen molar-refractivity contribution in [2.75, 3.05) is 6.54 Å². The molecule has 1 aliphatic carbocycles. The third-order valence-electron chi connectivity index (χ3n) is 4.43. The summed E-state index contributed by atoms with van der Waals surface area (Å²) in [5.74, 6) is 1.71. The van der Waals surface area contributed by atoms with Gasteiger partial charge in [-0.3, -0.25) is 4.79 Å². The van der Waals surface area contributed by atoms with Gasteiger partial charge in [0.15, 0.2) is 0 Å². The largest absolute Gasteiger partial charge is 0.353 e. The molecule has 4 unspecified atom stereocenters. The quantitative estimate of drug-likeness (QED) is 0.791. The van der Waals surface area contributed by atoms with Crippen LogP contribution in [-0.4, -0.2) is 18.5 Å². The second-order valence-corrected chi connectivity index (χ2v) is 5.97. The van der Waals surface area contributed by atoms with Gasteiger partial charge in [-0.05, 0) is 24.2 Å². The van der Waals surface area contributed by atoms with E-state index in [4.69, 9.17) is 5.73 Å². The fourth-order valence-electron chi connectivity index (χ4n) is 2.76. The minimum Gasteiger partial charge on any atom is -0.353 e. The second kappa shape index (κ2) is 6.39. The molecule has 0 aliphatic heterocycles. The van der Waals surface area contributed by atoms with Crippen LogP contribution >= 0.6 is 0 Å². The highest BCUT2D eigenvalue weighted by Gasteiger charge is 2.30. The van der Waals surface area contributed by atoms with Gasteiger partial charge in [-0.15, -0.1) is 0 Å². The average molecular weight is 240 g/mol. The molecule has 0 heterocycles. The molecule has 0 spiro atoms. The van der Waals surface area contributed by atoms with Crippen molar-refractivity contribution >= 4 is 5.91 Å². The van der Waals surface area contributed by atoms with E-state index in [2.05, 4.69) is 33.0 Å². The van der Waals surface area contributed by atoms with Crippen LogP contribution in [0.1, 0.15) is 47.0 Å². The summed E-state index contributed by atoms with van der Waals surface area (Å²) < 4.78 is 0. The molecule has 1 rings (SSSR count). The first kappa shape index (κ1) is 14.5. The van der Waals surface area contributed by atoms with Gasteiger partial charge in [0.1, 0.15) is 0 Å². The van der Waals surface area contributed by atoms with E-state index >= 15 is 0 Å². The van der Waals surface area contributed by atoms with E-state index in [1.54, 1.807) is 0 Å². The normalized spacial score (nSPS) is 31.3. The topological polar surface area (TPSA) is 55.1 Å². The van der Waals surface area contributed by atoms with Crippen molar-refractivity contribution in [2.45, 2.75) is 53.0 Å². The number of carbonyl (C=O) groups is 1. The molecule has 4 atom stereocenters. The number of carbonyl (C=O) groups excluding carboxylic acids is 1. The first-order chi connectivity index (χ1) is 7.97. The molecule has 0 aromatic carbocycles. The predicted octanol–water partition coefficient (Wildman–Crippen LogP) is 2.16. The minimum atomic E-state index is -0.0422. The molecule has 0 bridgehead atoms. The summed E-state index contributed by atoms with van der Waals surface area (Å²) in [5.41, 5.74) is 5.68. The van der Waals surface area contributed by atoms with Crippen LogP contribution in [0.3, 0.4) is 0 Å². The van der Waals surface area contributed by atoms with Crippen LogP contribution in [0.25, 0.3) is 0 Å². The standard InChI is InChI=1S/C14H28N2O/c1-9(2)12(8-15)14(17)16-13-7-5-6-10(3)11(13)4/h9-13H,5-8,15H2,1-4H3,(H,16,17). The Bertz CT molecular complexity index is 253. The molecule has 3 heteroatoms. The highest BCUT2D eigenvalue weighted by atomic mass is 16.2. The summed E-state index contributed by atoms with van der Waals surface area (Å²) in [6, 6.07) is 0.346. The molecule has 0 radical (unpaired) electrons. The van der Waals surface area contributed by atoms with Gasteiger partial charge in [0.05, 0.1) is 5.92 Å². The molecule has 1 aliphatic rings. The second-order valence-electron chi connectivity index (χ2n) is 5.97. The first-order valence-corrected chi connectivity index (χ1v) is 6.97. The predicted molar refractivity (Wildman–Crippen MR) is 71.5 cm³/mol. The van der Waals surface area contributed by atoms with Gasteiger partial charge in [-0.25, -0.2) is 0 Å². The van der Waals surface area contributed by atoms with E-state index < -0.39 is 0 Å². The maximum atomic E-state index is 12.1. The molecule has 3 N–H and O–H groups in total. The molecule has 0 aromatic rings. The monoisotopic (exact) mass is 240 g/mol. The fourth-order valence-corrected chi connectivity index (χ4v) is 2.76. The third-order valence-corrected chi connectivity index (χ3v) is 4.43. The van der Waals surface area contributed by atoms with Gasteiger partial charge < -0.3 is 11.1 Å². The fraction of sp³-hybridized carbons (Fsp3) is 0.929. The number of hydrogen-bond acceptors (Lipinski definition) is 2. The minimum absolute atomic E-state index is 0.0422.